The quantitative estimate of drug-likeness (QED) is 0.817. The van der Waals surface area contributed by atoms with E-state index in [4.69, 9.17) is 19.2 Å². The van der Waals surface area contributed by atoms with Gasteiger partial charge in [0.15, 0.2) is 0 Å². The molecule has 0 saturated carbocycles. The predicted octanol–water partition coefficient (Wildman–Crippen LogP) is 0.943. The van der Waals surface area contributed by atoms with Crippen molar-refractivity contribution in [2.45, 2.75) is 25.6 Å². The fourth-order valence-electron chi connectivity index (χ4n) is 3.17. The highest BCUT2D eigenvalue weighted by atomic mass is 16.5. The molecule has 3 heterocycles. The first kappa shape index (κ1) is 16.4. The number of aromatic nitrogens is 2. The van der Waals surface area contributed by atoms with E-state index >= 15 is 0 Å². The van der Waals surface area contributed by atoms with E-state index in [1.807, 2.05) is 12.3 Å². The van der Waals surface area contributed by atoms with Gasteiger partial charge in [0.25, 0.3) is 0 Å². The minimum Gasteiger partial charge on any atom is -0.382 e. The molecule has 0 radical (unpaired) electrons. The lowest BCUT2D eigenvalue weighted by Crippen LogP contribution is -2.54. The number of hydrogen-bond donors (Lipinski definition) is 0. The molecule has 7 heteroatoms. The Kier molecular flexibility index (Phi) is 4.99. The van der Waals surface area contributed by atoms with Gasteiger partial charge in [-0.15, -0.1) is 0 Å². The van der Waals surface area contributed by atoms with Crippen molar-refractivity contribution in [2.75, 3.05) is 62.9 Å². The first-order valence-electron chi connectivity index (χ1n) is 8.15. The Morgan fingerprint density at radius 3 is 2.83 bits per heavy atom. The van der Waals surface area contributed by atoms with Crippen molar-refractivity contribution in [3.8, 4) is 0 Å². The van der Waals surface area contributed by atoms with Gasteiger partial charge >= 0.3 is 0 Å². The average molecular weight is 322 g/mol. The minimum absolute atomic E-state index is 0.0468. The lowest BCUT2D eigenvalue weighted by Gasteiger charge is -2.43. The van der Waals surface area contributed by atoms with Gasteiger partial charge in [-0.05, 0) is 19.9 Å². The number of hydrogen-bond acceptors (Lipinski definition) is 7. The number of anilines is 2. The predicted molar refractivity (Wildman–Crippen MR) is 88.1 cm³/mol. The summed E-state index contributed by atoms with van der Waals surface area (Å²) in [7, 11) is 1.70. The third-order valence-corrected chi connectivity index (χ3v) is 4.08. The van der Waals surface area contributed by atoms with Crippen LogP contribution in [0.2, 0.25) is 0 Å². The molecule has 2 aliphatic heterocycles. The average Bonchev–Trinajstić information content (AvgIpc) is 2.55. The van der Waals surface area contributed by atoms with Crippen LogP contribution in [0.15, 0.2) is 12.3 Å². The summed E-state index contributed by atoms with van der Waals surface area (Å²) >= 11 is 0. The van der Waals surface area contributed by atoms with Gasteiger partial charge in [-0.2, -0.15) is 4.98 Å². The largest absolute Gasteiger partial charge is 0.382 e. The zero-order valence-electron chi connectivity index (χ0n) is 14.2. The van der Waals surface area contributed by atoms with Crippen molar-refractivity contribution in [1.29, 1.82) is 0 Å². The Morgan fingerprint density at radius 1 is 1.30 bits per heavy atom. The molecule has 0 aromatic carbocycles. The summed E-state index contributed by atoms with van der Waals surface area (Å²) in [6.07, 6.45) is 1.88. The van der Waals surface area contributed by atoms with Gasteiger partial charge < -0.3 is 24.0 Å². The standard InChI is InChI=1S/C16H26N4O3/c1-16(2)12-20(10-13(23-16)11-21-3)14-4-5-17-15(18-14)19-6-8-22-9-7-19/h4-5,13H,6-12H2,1-3H3. The summed E-state index contributed by atoms with van der Waals surface area (Å²) in [4.78, 5) is 13.6. The van der Waals surface area contributed by atoms with Crippen LogP contribution < -0.4 is 9.80 Å². The number of morpholine rings is 2. The molecule has 0 amide bonds. The molecule has 2 aliphatic rings. The van der Waals surface area contributed by atoms with E-state index in [1.165, 1.54) is 0 Å². The van der Waals surface area contributed by atoms with Gasteiger partial charge in [-0.3, -0.25) is 0 Å². The molecular formula is C16H26N4O3. The molecule has 0 aliphatic carbocycles. The summed E-state index contributed by atoms with van der Waals surface area (Å²) in [5.74, 6) is 1.72. The number of methoxy groups -OCH3 is 1. The van der Waals surface area contributed by atoms with Crippen molar-refractivity contribution < 1.29 is 14.2 Å². The molecule has 0 N–H and O–H groups in total. The van der Waals surface area contributed by atoms with E-state index in [9.17, 15) is 0 Å². The zero-order valence-corrected chi connectivity index (χ0v) is 14.2. The van der Waals surface area contributed by atoms with E-state index in [-0.39, 0.29) is 11.7 Å². The van der Waals surface area contributed by atoms with Crippen LogP contribution in [0.25, 0.3) is 0 Å². The highest BCUT2D eigenvalue weighted by molar-refractivity contribution is 5.45. The molecule has 23 heavy (non-hydrogen) atoms. The fourth-order valence-corrected chi connectivity index (χ4v) is 3.17. The van der Waals surface area contributed by atoms with Gasteiger partial charge in [-0.1, -0.05) is 0 Å². The van der Waals surface area contributed by atoms with Crippen molar-refractivity contribution in [2.24, 2.45) is 0 Å². The van der Waals surface area contributed by atoms with E-state index < -0.39 is 0 Å². The molecule has 0 bridgehead atoms. The van der Waals surface area contributed by atoms with Crippen LogP contribution in [0.4, 0.5) is 11.8 Å². The van der Waals surface area contributed by atoms with Crippen LogP contribution in [0.1, 0.15) is 13.8 Å². The Hall–Kier alpha value is -1.44. The zero-order chi connectivity index (χ0) is 16.3. The minimum atomic E-state index is -0.231. The van der Waals surface area contributed by atoms with E-state index in [1.54, 1.807) is 7.11 Å². The maximum atomic E-state index is 6.08. The summed E-state index contributed by atoms with van der Waals surface area (Å²) < 4.78 is 16.7. The van der Waals surface area contributed by atoms with Crippen LogP contribution >= 0.6 is 0 Å². The Morgan fingerprint density at radius 2 is 2.09 bits per heavy atom. The topological polar surface area (TPSA) is 60.0 Å². The van der Waals surface area contributed by atoms with Crippen molar-refractivity contribution in [3.05, 3.63) is 12.3 Å². The van der Waals surface area contributed by atoms with Crippen molar-refractivity contribution in [1.82, 2.24) is 9.97 Å². The SMILES string of the molecule is COCC1CN(c2ccnc(N3CCOCC3)n2)CC(C)(C)O1. The molecule has 2 saturated heterocycles. The summed E-state index contributed by atoms with van der Waals surface area (Å²) in [5, 5.41) is 0. The molecule has 1 atom stereocenters. The molecule has 128 valence electrons. The van der Waals surface area contributed by atoms with E-state index in [0.29, 0.717) is 6.61 Å². The maximum absolute atomic E-state index is 6.08. The summed E-state index contributed by atoms with van der Waals surface area (Å²) in [5.41, 5.74) is -0.231. The molecule has 7 nitrogen and oxygen atoms in total. The van der Waals surface area contributed by atoms with Gasteiger partial charge in [0, 0.05) is 39.5 Å². The Labute approximate surface area is 137 Å². The molecule has 0 spiro atoms. The van der Waals surface area contributed by atoms with E-state index in [0.717, 1.165) is 51.2 Å². The van der Waals surface area contributed by atoms with Crippen molar-refractivity contribution in [3.63, 3.8) is 0 Å². The second kappa shape index (κ2) is 6.98. The third-order valence-electron chi connectivity index (χ3n) is 4.08. The van der Waals surface area contributed by atoms with Gasteiger partial charge in [0.1, 0.15) is 5.82 Å². The third kappa shape index (κ3) is 4.10. The van der Waals surface area contributed by atoms with Crippen LogP contribution in [-0.4, -0.2) is 74.8 Å². The monoisotopic (exact) mass is 322 g/mol. The molecule has 1 unspecified atom stereocenters. The number of nitrogens with zero attached hydrogens (tertiary/aromatic N) is 4. The van der Waals surface area contributed by atoms with E-state index in [2.05, 4.69) is 28.6 Å². The Bertz CT molecular complexity index is 520. The summed E-state index contributed by atoms with van der Waals surface area (Å²) in [6, 6.07) is 1.97. The van der Waals surface area contributed by atoms with Crippen LogP contribution in [0.5, 0.6) is 0 Å². The highest BCUT2D eigenvalue weighted by Crippen LogP contribution is 2.26. The van der Waals surface area contributed by atoms with Gasteiger partial charge in [0.2, 0.25) is 5.95 Å². The van der Waals surface area contributed by atoms with Crippen LogP contribution in [-0.2, 0) is 14.2 Å². The molecule has 1 aromatic heterocycles. The summed E-state index contributed by atoms with van der Waals surface area (Å²) in [6.45, 7) is 9.50. The second-order valence-electron chi connectivity index (χ2n) is 6.65. The first-order chi connectivity index (χ1) is 11.1. The molecule has 3 rings (SSSR count). The molecule has 1 aromatic rings. The first-order valence-corrected chi connectivity index (χ1v) is 8.15. The second-order valence-corrected chi connectivity index (χ2v) is 6.65. The van der Waals surface area contributed by atoms with Gasteiger partial charge in [0.05, 0.1) is 31.5 Å². The Balaban J connectivity index is 1.77. The van der Waals surface area contributed by atoms with Crippen LogP contribution in [0.3, 0.4) is 0 Å². The van der Waals surface area contributed by atoms with Gasteiger partial charge in [-0.25, -0.2) is 4.98 Å². The number of rotatable bonds is 4. The molecule has 2 fully saturated rings. The lowest BCUT2D eigenvalue weighted by atomic mass is 10.1. The van der Waals surface area contributed by atoms with Crippen LogP contribution in [0, 0.1) is 0 Å². The fraction of sp³-hybridized carbons (Fsp3) is 0.750. The lowest BCUT2D eigenvalue weighted by molar-refractivity contribution is -0.106. The number of ether oxygens (including phenoxy) is 3. The molecular weight excluding hydrogens is 296 g/mol. The van der Waals surface area contributed by atoms with Crippen molar-refractivity contribution >= 4 is 11.8 Å². The smallest absolute Gasteiger partial charge is 0.227 e. The normalized spacial score (nSPS) is 24.7. The highest BCUT2D eigenvalue weighted by Gasteiger charge is 2.34. The maximum Gasteiger partial charge on any atom is 0.227 e.